The SMILES string of the molecule is COc1cc(C2/C(=C(\O)c3nc4c(C)cccn4c3C)C(=O)C(=O)N2CCCn2ccnc2)ccc1O. The molecule has 0 aliphatic carbocycles. The second-order valence-corrected chi connectivity index (χ2v) is 9.01. The number of aromatic nitrogens is 4. The van der Waals surface area contributed by atoms with Gasteiger partial charge in [0.05, 0.1) is 30.7 Å². The highest BCUT2D eigenvalue weighted by Crippen LogP contribution is 2.42. The molecule has 1 amide bonds. The van der Waals surface area contributed by atoms with Crippen LogP contribution in [0.2, 0.25) is 0 Å². The Morgan fingerprint density at radius 1 is 1.14 bits per heavy atom. The largest absolute Gasteiger partial charge is 0.505 e. The zero-order valence-electron chi connectivity index (χ0n) is 20.8. The fourth-order valence-corrected chi connectivity index (χ4v) is 4.84. The van der Waals surface area contributed by atoms with Gasteiger partial charge in [-0.25, -0.2) is 9.97 Å². The number of pyridine rings is 1. The lowest BCUT2D eigenvalue weighted by Crippen LogP contribution is -2.31. The summed E-state index contributed by atoms with van der Waals surface area (Å²) in [6.45, 7) is 4.57. The first-order valence-corrected chi connectivity index (χ1v) is 11.9. The molecule has 4 aromatic rings. The second-order valence-electron chi connectivity index (χ2n) is 9.01. The minimum absolute atomic E-state index is 0.0514. The number of aromatic hydroxyl groups is 1. The molecule has 1 saturated heterocycles. The molecule has 2 N–H and O–H groups in total. The number of rotatable bonds is 7. The molecule has 5 rings (SSSR count). The van der Waals surface area contributed by atoms with Crippen LogP contribution < -0.4 is 4.74 Å². The summed E-state index contributed by atoms with van der Waals surface area (Å²) in [7, 11) is 1.42. The minimum atomic E-state index is -0.886. The number of aryl methyl sites for hydroxylation is 3. The third kappa shape index (κ3) is 4.10. The molecule has 1 fully saturated rings. The Kier molecular flexibility index (Phi) is 6.16. The van der Waals surface area contributed by atoms with Crippen LogP contribution in [0.1, 0.15) is 35.0 Å². The number of benzene rings is 1. The van der Waals surface area contributed by atoms with E-state index in [1.54, 1.807) is 31.6 Å². The highest BCUT2D eigenvalue weighted by Gasteiger charge is 2.46. The fourth-order valence-electron chi connectivity index (χ4n) is 4.84. The predicted molar refractivity (Wildman–Crippen MR) is 135 cm³/mol. The summed E-state index contributed by atoms with van der Waals surface area (Å²) < 4.78 is 9.00. The van der Waals surface area contributed by atoms with Gasteiger partial charge in [-0.2, -0.15) is 0 Å². The second kappa shape index (κ2) is 9.45. The van der Waals surface area contributed by atoms with Gasteiger partial charge >= 0.3 is 0 Å². The van der Waals surface area contributed by atoms with E-state index in [-0.39, 0.29) is 35.1 Å². The molecule has 37 heavy (non-hydrogen) atoms. The maximum absolute atomic E-state index is 13.4. The molecular formula is C27H27N5O5. The molecule has 1 unspecified atom stereocenters. The summed E-state index contributed by atoms with van der Waals surface area (Å²) in [4.78, 5) is 36.7. The van der Waals surface area contributed by atoms with Gasteiger partial charge in [0.25, 0.3) is 11.7 Å². The van der Waals surface area contributed by atoms with Crippen molar-refractivity contribution in [3.05, 3.63) is 83.3 Å². The van der Waals surface area contributed by atoms with Crippen molar-refractivity contribution in [2.75, 3.05) is 13.7 Å². The number of Topliss-reactive ketones (excluding diaryl/α,β-unsaturated/α-hetero) is 1. The van der Waals surface area contributed by atoms with Crippen LogP contribution in [0, 0.1) is 13.8 Å². The molecule has 10 nitrogen and oxygen atoms in total. The maximum atomic E-state index is 13.4. The predicted octanol–water partition coefficient (Wildman–Crippen LogP) is 3.37. The number of methoxy groups -OCH3 is 1. The third-order valence-corrected chi connectivity index (χ3v) is 6.74. The van der Waals surface area contributed by atoms with Gasteiger partial charge in [0.2, 0.25) is 0 Å². The van der Waals surface area contributed by atoms with E-state index < -0.39 is 17.7 Å². The molecule has 0 saturated carbocycles. The molecule has 0 bridgehead atoms. The molecular weight excluding hydrogens is 474 g/mol. The van der Waals surface area contributed by atoms with Crippen LogP contribution in [0.3, 0.4) is 0 Å². The Balaban J connectivity index is 1.63. The number of imidazole rings is 2. The van der Waals surface area contributed by atoms with Gasteiger partial charge in [-0.3, -0.25) is 9.59 Å². The number of phenolic OH excluding ortho intramolecular Hbond substituents is 1. The van der Waals surface area contributed by atoms with E-state index in [1.807, 2.05) is 40.4 Å². The number of likely N-dealkylation sites (tertiary alicyclic amines) is 1. The van der Waals surface area contributed by atoms with Crippen molar-refractivity contribution < 1.29 is 24.5 Å². The molecule has 0 radical (unpaired) electrons. The van der Waals surface area contributed by atoms with Gasteiger partial charge in [-0.15, -0.1) is 0 Å². The quantitative estimate of drug-likeness (QED) is 0.226. The molecule has 1 aromatic carbocycles. The van der Waals surface area contributed by atoms with Gasteiger partial charge in [-0.05, 0) is 49.6 Å². The summed E-state index contributed by atoms with van der Waals surface area (Å²) in [5, 5.41) is 21.6. The van der Waals surface area contributed by atoms with Crippen LogP contribution in [0.25, 0.3) is 11.4 Å². The molecule has 4 heterocycles. The van der Waals surface area contributed by atoms with Crippen LogP contribution in [-0.2, 0) is 16.1 Å². The zero-order chi connectivity index (χ0) is 26.3. The number of nitrogens with zero attached hydrogens (tertiary/aromatic N) is 5. The molecule has 0 spiro atoms. The van der Waals surface area contributed by atoms with E-state index in [4.69, 9.17) is 4.74 Å². The van der Waals surface area contributed by atoms with E-state index in [2.05, 4.69) is 9.97 Å². The van der Waals surface area contributed by atoms with Crippen molar-refractivity contribution in [1.29, 1.82) is 0 Å². The number of fused-ring (bicyclic) bond motifs is 1. The number of ketones is 1. The minimum Gasteiger partial charge on any atom is -0.505 e. The monoisotopic (exact) mass is 501 g/mol. The van der Waals surface area contributed by atoms with Gasteiger partial charge in [0, 0.05) is 31.7 Å². The van der Waals surface area contributed by atoms with Crippen molar-refractivity contribution in [2.45, 2.75) is 32.9 Å². The first kappa shape index (κ1) is 24.1. The normalized spacial score (nSPS) is 17.2. The summed E-state index contributed by atoms with van der Waals surface area (Å²) in [6, 6.07) is 7.53. The Morgan fingerprint density at radius 3 is 2.65 bits per heavy atom. The summed E-state index contributed by atoms with van der Waals surface area (Å²) in [6.07, 6.45) is 7.57. The van der Waals surface area contributed by atoms with E-state index >= 15 is 0 Å². The molecule has 3 aromatic heterocycles. The Morgan fingerprint density at radius 2 is 1.95 bits per heavy atom. The Hall–Kier alpha value is -4.60. The lowest BCUT2D eigenvalue weighted by atomic mass is 9.96. The number of ether oxygens (including phenoxy) is 1. The molecule has 10 heteroatoms. The highest BCUT2D eigenvalue weighted by molar-refractivity contribution is 6.46. The topological polar surface area (TPSA) is 122 Å². The number of amides is 1. The van der Waals surface area contributed by atoms with Crippen LogP contribution in [-0.4, -0.2) is 59.4 Å². The Bertz CT molecular complexity index is 1540. The average molecular weight is 502 g/mol. The van der Waals surface area contributed by atoms with Crippen LogP contribution in [0.5, 0.6) is 11.5 Å². The molecule has 1 aliphatic heterocycles. The van der Waals surface area contributed by atoms with Crippen LogP contribution in [0.4, 0.5) is 0 Å². The van der Waals surface area contributed by atoms with E-state index in [0.717, 1.165) is 5.56 Å². The maximum Gasteiger partial charge on any atom is 0.295 e. The van der Waals surface area contributed by atoms with Crippen molar-refractivity contribution >= 4 is 23.1 Å². The summed E-state index contributed by atoms with van der Waals surface area (Å²) >= 11 is 0. The van der Waals surface area contributed by atoms with E-state index in [0.29, 0.717) is 29.9 Å². The number of aliphatic hydroxyl groups excluding tert-OH is 1. The number of phenols is 1. The number of carbonyl (C=O) groups excluding carboxylic acids is 2. The third-order valence-electron chi connectivity index (χ3n) is 6.74. The number of hydrogen-bond acceptors (Lipinski definition) is 7. The average Bonchev–Trinajstić information content (AvgIpc) is 3.59. The van der Waals surface area contributed by atoms with Crippen molar-refractivity contribution in [2.24, 2.45) is 0 Å². The first-order chi connectivity index (χ1) is 17.8. The molecule has 1 atom stereocenters. The van der Waals surface area contributed by atoms with Gasteiger partial charge in [0.1, 0.15) is 11.3 Å². The first-order valence-electron chi connectivity index (χ1n) is 11.9. The van der Waals surface area contributed by atoms with Gasteiger partial charge < -0.3 is 28.8 Å². The number of aliphatic hydroxyl groups is 1. The summed E-state index contributed by atoms with van der Waals surface area (Å²) in [5.74, 6) is -1.71. The van der Waals surface area contributed by atoms with E-state index in [1.165, 1.54) is 18.1 Å². The molecule has 1 aliphatic rings. The number of carbonyl (C=O) groups is 2. The Labute approximate surface area is 213 Å². The zero-order valence-corrected chi connectivity index (χ0v) is 20.8. The van der Waals surface area contributed by atoms with E-state index in [9.17, 15) is 19.8 Å². The summed E-state index contributed by atoms with van der Waals surface area (Å²) in [5.41, 5.74) is 2.91. The van der Waals surface area contributed by atoms with Crippen molar-refractivity contribution in [3.8, 4) is 11.5 Å². The lowest BCUT2D eigenvalue weighted by Gasteiger charge is -2.25. The smallest absolute Gasteiger partial charge is 0.295 e. The lowest BCUT2D eigenvalue weighted by molar-refractivity contribution is -0.139. The van der Waals surface area contributed by atoms with Crippen molar-refractivity contribution in [1.82, 2.24) is 23.8 Å². The van der Waals surface area contributed by atoms with Crippen molar-refractivity contribution in [3.63, 3.8) is 0 Å². The molecule has 190 valence electrons. The van der Waals surface area contributed by atoms with Gasteiger partial charge in [0.15, 0.2) is 17.3 Å². The highest BCUT2D eigenvalue weighted by atomic mass is 16.5. The van der Waals surface area contributed by atoms with Crippen LogP contribution >= 0.6 is 0 Å². The fraction of sp³-hybridized carbons (Fsp3) is 0.259. The van der Waals surface area contributed by atoms with Crippen LogP contribution in [0.15, 0.2) is 60.8 Å². The number of hydrogen-bond donors (Lipinski definition) is 2. The van der Waals surface area contributed by atoms with Gasteiger partial charge in [-0.1, -0.05) is 12.1 Å². The standard InChI is InChI=1S/C27H27N5O5/c1-16-6-4-11-31-17(2)22(29-26(16)31)24(34)21-23(18-7-8-19(33)20(14-18)37-3)32(27(36)25(21)35)12-5-10-30-13-9-28-15-30/h4,6-9,11,13-15,23,33-34H,5,10,12H2,1-3H3/b24-21+.